The Morgan fingerprint density at radius 1 is 1.09 bits per heavy atom. The first-order chi connectivity index (χ1) is 16.8. The Morgan fingerprint density at radius 2 is 1.83 bits per heavy atom. The zero-order chi connectivity index (χ0) is 24.9. The number of ether oxygens (including phenoxy) is 1. The van der Waals surface area contributed by atoms with Crippen molar-refractivity contribution in [3.63, 3.8) is 0 Å². The highest BCUT2D eigenvalue weighted by Crippen LogP contribution is 2.53. The highest BCUT2D eigenvalue weighted by molar-refractivity contribution is 6.26. The fourth-order valence-electron chi connectivity index (χ4n) is 5.75. The molecule has 0 spiro atoms. The van der Waals surface area contributed by atoms with Gasteiger partial charge in [-0.1, -0.05) is 55.8 Å². The Bertz CT molecular complexity index is 1350. The summed E-state index contributed by atoms with van der Waals surface area (Å²) in [6, 6.07) is 16.6. The molecule has 2 fully saturated rings. The summed E-state index contributed by atoms with van der Waals surface area (Å²) in [7, 11) is 1.47. The fourth-order valence-corrected chi connectivity index (χ4v) is 5.75. The second-order valence-electron chi connectivity index (χ2n) is 9.09. The van der Waals surface area contributed by atoms with Gasteiger partial charge < -0.3 is 14.9 Å². The normalized spacial score (nSPS) is 25.8. The number of rotatable bonds is 6. The second-order valence-corrected chi connectivity index (χ2v) is 9.09. The predicted octanol–water partition coefficient (Wildman–Crippen LogP) is 3.63. The standard InChI is InChI=1S/C27H26N2O6/c1-3-13-27(26(33)34)22-21(23(28-27)18-12-11-16(35-2)14-20(18)30)24(31)29(25(22)32)19-10-6-8-15-7-4-5-9-17(15)19/h4-12,14,21-23,28,30H,3,13H2,1-2H3,(H,33,34)/t21-,22-,23-,27-/m0/s1. The van der Waals surface area contributed by atoms with Gasteiger partial charge in [0.15, 0.2) is 0 Å². The minimum absolute atomic E-state index is 0.137. The lowest BCUT2D eigenvalue weighted by Gasteiger charge is -2.31. The van der Waals surface area contributed by atoms with E-state index in [1.165, 1.54) is 13.2 Å². The summed E-state index contributed by atoms with van der Waals surface area (Å²) in [5.74, 6) is -4.06. The summed E-state index contributed by atoms with van der Waals surface area (Å²) in [6.07, 6.45) is 0.638. The maximum atomic E-state index is 13.9. The molecule has 0 bridgehead atoms. The van der Waals surface area contributed by atoms with E-state index in [9.17, 15) is 24.6 Å². The van der Waals surface area contributed by atoms with E-state index in [2.05, 4.69) is 5.32 Å². The summed E-state index contributed by atoms with van der Waals surface area (Å²) in [4.78, 5) is 41.7. The number of hydrogen-bond donors (Lipinski definition) is 3. The number of nitrogens with zero attached hydrogens (tertiary/aromatic N) is 1. The van der Waals surface area contributed by atoms with Crippen LogP contribution in [0.5, 0.6) is 11.5 Å². The summed E-state index contributed by atoms with van der Waals surface area (Å²) >= 11 is 0. The average Bonchev–Trinajstić information content (AvgIpc) is 3.33. The van der Waals surface area contributed by atoms with Crippen molar-refractivity contribution >= 4 is 34.2 Å². The quantitative estimate of drug-likeness (QED) is 0.467. The number of fused-ring (bicyclic) bond motifs is 2. The molecule has 3 N–H and O–H groups in total. The Morgan fingerprint density at radius 3 is 2.51 bits per heavy atom. The van der Waals surface area contributed by atoms with Gasteiger partial charge >= 0.3 is 5.97 Å². The molecule has 0 radical (unpaired) electrons. The van der Waals surface area contributed by atoms with E-state index in [4.69, 9.17) is 4.74 Å². The minimum atomic E-state index is -1.65. The molecule has 2 aliphatic heterocycles. The van der Waals surface area contributed by atoms with Gasteiger partial charge in [0.25, 0.3) is 0 Å². The summed E-state index contributed by atoms with van der Waals surface area (Å²) in [5.41, 5.74) is -0.871. The van der Waals surface area contributed by atoms with Crippen LogP contribution < -0.4 is 15.0 Å². The molecular formula is C27H26N2O6. The van der Waals surface area contributed by atoms with Crippen LogP contribution in [0.2, 0.25) is 0 Å². The van der Waals surface area contributed by atoms with Gasteiger partial charge in [-0.05, 0) is 23.9 Å². The molecule has 4 atom stereocenters. The lowest BCUT2D eigenvalue weighted by Crippen LogP contribution is -2.55. The van der Waals surface area contributed by atoms with Gasteiger partial charge in [-0.3, -0.25) is 19.7 Å². The van der Waals surface area contributed by atoms with Gasteiger partial charge in [0.2, 0.25) is 11.8 Å². The van der Waals surface area contributed by atoms with Crippen LogP contribution in [-0.2, 0) is 14.4 Å². The summed E-state index contributed by atoms with van der Waals surface area (Å²) in [5, 5.41) is 25.8. The molecule has 8 heteroatoms. The number of aliphatic carboxylic acids is 1. The number of methoxy groups -OCH3 is 1. The zero-order valence-electron chi connectivity index (χ0n) is 19.4. The van der Waals surface area contributed by atoms with Gasteiger partial charge in [0.05, 0.1) is 24.6 Å². The van der Waals surface area contributed by atoms with Crippen molar-refractivity contribution in [1.82, 2.24) is 5.32 Å². The lowest BCUT2D eigenvalue weighted by atomic mass is 9.77. The first-order valence-electron chi connectivity index (χ1n) is 11.6. The molecule has 0 saturated carbocycles. The van der Waals surface area contributed by atoms with Crippen LogP contribution in [0.1, 0.15) is 31.4 Å². The first kappa shape index (κ1) is 22.9. The van der Waals surface area contributed by atoms with Gasteiger partial charge in [-0.15, -0.1) is 0 Å². The molecule has 3 aromatic rings. The van der Waals surface area contributed by atoms with Crippen molar-refractivity contribution in [1.29, 1.82) is 0 Å². The van der Waals surface area contributed by atoms with E-state index >= 15 is 0 Å². The second kappa shape index (κ2) is 8.39. The van der Waals surface area contributed by atoms with Gasteiger partial charge in [-0.25, -0.2) is 4.90 Å². The minimum Gasteiger partial charge on any atom is -0.507 e. The van der Waals surface area contributed by atoms with Crippen LogP contribution >= 0.6 is 0 Å². The van der Waals surface area contributed by atoms with E-state index in [1.807, 2.05) is 37.3 Å². The molecule has 2 saturated heterocycles. The molecule has 35 heavy (non-hydrogen) atoms. The number of carbonyl (C=O) groups excluding carboxylic acids is 2. The van der Waals surface area contributed by atoms with E-state index in [0.717, 1.165) is 15.7 Å². The van der Waals surface area contributed by atoms with E-state index in [-0.39, 0.29) is 12.2 Å². The third-order valence-electron chi connectivity index (χ3n) is 7.26. The van der Waals surface area contributed by atoms with Crippen LogP contribution in [0.3, 0.4) is 0 Å². The molecule has 0 aliphatic carbocycles. The Balaban J connectivity index is 1.69. The maximum absolute atomic E-state index is 13.9. The number of hydrogen-bond acceptors (Lipinski definition) is 6. The van der Waals surface area contributed by atoms with Gasteiger partial charge in [0.1, 0.15) is 17.0 Å². The van der Waals surface area contributed by atoms with Crippen LogP contribution in [0.15, 0.2) is 60.7 Å². The highest BCUT2D eigenvalue weighted by atomic mass is 16.5. The van der Waals surface area contributed by atoms with E-state index < -0.39 is 41.2 Å². The predicted molar refractivity (Wildman–Crippen MR) is 129 cm³/mol. The molecule has 2 amide bonds. The maximum Gasteiger partial charge on any atom is 0.324 e. The van der Waals surface area contributed by atoms with Crippen LogP contribution in [0.25, 0.3) is 10.8 Å². The van der Waals surface area contributed by atoms with Gasteiger partial charge in [-0.2, -0.15) is 0 Å². The number of amides is 2. The number of imide groups is 1. The number of nitrogens with one attached hydrogen (secondary N) is 1. The smallest absolute Gasteiger partial charge is 0.324 e. The number of phenols is 1. The van der Waals surface area contributed by atoms with E-state index in [0.29, 0.717) is 23.4 Å². The molecule has 0 aromatic heterocycles. The number of phenolic OH excluding ortho intramolecular Hbond substituents is 1. The van der Waals surface area contributed by atoms with Crippen molar-refractivity contribution in [2.75, 3.05) is 12.0 Å². The first-order valence-corrected chi connectivity index (χ1v) is 11.6. The number of aromatic hydroxyl groups is 1. The largest absolute Gasteiger partial charge is 0.507 e. The SMILES string of the molecule is CCC[C@]1(C(=O)O)N[C@@H](c2ccc(OC)cc2O)[C@H]2C(=O)N(c3cccc4ccccc34)C(=O)[C@H]21. The van der Waals surface area contributed by atoms with Crippen molar-refractivity contribution in [3.8, 4) is 11.5 Å². The zero-order valence-corrected chi connectivity index (χ0v) is 19.4. The number of carbonyl (C=O) groups is 3. The average molecular weight is 475 g/mol. The molecule has 2 aliphatic rings. The molecule has 2 heterocycles. The Hall–Kier alpha value is -3.91. The molecule has 180 valence electrons. The monoisotopic (exact) mass is 474 g/mol. The van der Waals surface area contributed by atoms with Crippen molar-refractivity contribution in [2.24, 2.45) is 11.8 Å². The summed E-state index contributed by atoms with van der Waals surface area (Å²) < 4.78 is 5.17. The number of benzene rings is 3. The molecular weight excluding hydrogens is 448 g/mol. The molecule has 5 rings (SSSR count). The highest BCUT2D eigenvalue weighted by Gasteiger charge is 2.68. The summed E-state index contributed by atoms with van der Waals surface area (Å²) in [6.45, 7) is 1.84. The number of carboxylic acids is 1. The van der Waals surface area contributed by atoms with Crippen molar-refractivity contribution in [3.05, 3.63) is 66.2 Å². The Kier molecular flexibility index (Phi) is 5.48. The third-order valence-corrected chi connectivity index (χ3v) is 7.26. The van der Waals surface area contributed by atoms with Crippen LogP contribution in [0.4, 0.5) is 5.69 Å². The van der Waals surface area contributed by atoms with Crippen molar-refractivity contribution in [2.45, 2.75) is 31.3 Å². The molecule has 0 unspecified atom stereocenters. The number of carboxylic acid groups (broad SMARTS) is 1. The number of anilines is 1. The van der Waals surface area contributed by atoms with Crippen LogP contribution in [-0.4, -0.2) is 40.6 Å². The van der Waals surface area contributed by atoms with Crippen molar-refractivity contribution < 1.29 is 29.3 Å². The third kappa shape index (κ3) is 3.28. The molecule has 3 aromatic carbocycles. The van der Waals surface area contributed by atoms with Gasteiger partial charge in [0, 0.05) is 23.1 Å². The Labute approximate surface area is 202 Å². The van der Waals surface area contributed by atoms with E-state index in [1.54, 1.807) is 24.3 Å². The van der Waals surface area contributed by atoms with Crippen LogP contribution in [0, 0.1) is 11.8 Å². The fraction of sp³-hybridized carbons (Fsp3) is 0.296. The molecule has 8 nitrogen and oxygen atoms in total. The lowest BCUT2D eigenvalue weighted by molar-refractivity contribution is -0.149. The topological polar surface area (TPSA) is 116 Å².